The summed E-state index contributed by atoms with van der Waals surface area (Å²) in [6.07, 6.45) is 1.26. The Hall–Kier alpha value is -3.48. The van der Waals surface area contributed by atoms with Gasteiger partial charge in [0.2, 0.25) is 5.95 Å². The number of carbonyl (C=O) groups excluding carboxylic acids is 1. The number of nitrogens with one attached hydrogen (secondary N) is 1. The van der Waals surface area contributed by atoms with Gasteiger partial charge in [-0.2, -0.15) is 4.68 Å². The van der Waals surface area contributed by atoms with E-state index in [1.165, 1.54) is 5.56 Å². The minimum atomic E-state index is -0.418. The Kier molecular flexibility index (Phi) is 4.61. The zero-order chi connectivity index (χ0) is 21.6. The molecule has 5 rings (SSSR count). The van der Waals surface area contributed by atoms with Crippen LogP contribution in [0.1, 0.15) is 49.4 Å². The molecule has 158 valence electrons. The van der Waals surface area contributed by atoms with Crippen LogP contribution in [0, 0.1) is 12.3 Å². The van der Waals surface area contributed by atoms with Crippen molar-refractivity contribution in [2.24, 2.45) is 5.41 Å². The number of benzene rings is 2. The molecule has 1 aliphatic carbocycles. The van der Waals surface area contributed by atoms with E-state index in [2.05, 4.69) is 65.9 Å². The zero-order valence-corrected chi connectivity index (χ0v) is 17.9. The number of carbonyl (C=O) groups is 1. The molecule has 1 aliphatic heterocycles. The number of aromatic nitrogens is 4. The number of para-hydroxylation sites is 1. The van der Waals surface area contributed by atoms with Crippen LogP contribution in [-0.2, 0) is 11.4 Å². The number of Topliss-reactive ketones (excluding diaryl/α,β-unsaturated/α-hetero) is 1. The third-order valence-electron chi connectivity index (χ3n) is 5.92. The first-order valence-corrected chi connectivity index (χ1v) is 10.5. The van der Waals surface area contributed by atoms with E-state index in [0.29, 0.717) is 19.0 Å². The van der Waals surface area contributed by atoms with E-state index in [0.717, 1.165) is 34.6 Å². The molecule has 0 spiro atoms. The largest absolute Gasteiger partial charge is 0.489 e. The molecule has 3 aromatic rings. The van der Waals surface area contributed by atoms with Crippen molar-refractivity contribution in [1.82, 2.24) is 20.2 Å². The number of allylic oxidation sites excluding steroid dienone is 2. The summed E-state index contributed by atoms with van der Waals surface area (Å²) in [5, 5.41) is 15.5. The van der Waals surface area contributed by atoms with Gasteiger partial charge in [0.1, 0.15) is 18.4 Å². The third-order valence-corrected chi connectivity index (χ3v) is 5.92. The summed E-state index contributed by atoms with van der Waals surface area (Å²) in [6, 6.07) is 15.7. The average molecular weight is 415 g/mol. The third kappa shape index (κ3) is 3.60. The van der Waals surface area contributed by atoms with E-state index in [1.54, 1.807) is 4.68 Å². The van der Waals surface area contributed by atoms with Crippen LogP contribution in [0.4, 0.5) is 5.95 Å². The standard InChI is InChI=1S/C24H25N5O2/c1-15-8-10-16(11-9-15)14-31-20-7-5-4-6-17(20)22-21-18(12-24(2,3)13-19(21)30)25-23-26-27-28-29(22)23/h4-11,22H,12-14H2,1-3H3,(H,25,26,28). The number of tetrazole rings is 1. The van der Waals surface area contributed by atoms with Gasteiger partial charge < -0.3 is 10.1 Å². The van der Waals surface area contributed by atoms with E-state index in [4.69, 9.17) is 4.74 Å². The van der Waals surface area contributed by atoms with Crippen molar-refractivity contribution in [2.75, 3.05) is 5.32 Å². The van der Waals surface area contributed by atoms with Crippen molar-refractivity contribution >= 4 is 11.7 Å². The lowest BCUT2D eigenvalue weighted by atomic mass is 9.73. The average Bonchev–Trinajstić information content (AvgIpc) is 3.19. The fourth-order valence-corrected chi connectivity index (χ4v) is 4.44. The molecule has 31 heavy (non-hydrogen) atoms. The molecule has 1 atom stereocenters. The van der Waals surface area contributed by atoms with Crippen molar-refractivity contribution in [1.29, 1.82) is 0 Å². The first-order chi connectivity index (χ1) is 14.9. The maximum atomic E-state index is 13.3. The first kappa shape index (κ1) is 19.5. The Morgan fingerprint density at radius 2 is 1.90 bits per heavy atom. The van der Waals surface area contributed by atoms with Crippen molar-refractivity contribution in [3.8, 4) is 5.75 Å². The molecule has 1 unspecified atom stereocenters. The van der Waals surface area contributed by atoms with Gasteiger partial charge in [0, 0.05) is 23.3 Å². The highest BCUT2D eigenvalue weighted by Gasteiger charge is 2.42. The second kappa shape index (κ2) is 7.34. The van der Waals surface area contributed by atoms with Crippen LogP contribution in [0.2, 0.25) is 0 Å². The summed E-state index contributed by atoms with van der Waals surface area (Å²) in [6.45, 7) is 6.73. The van der Waals surface area contributed by atoms with Gasteiger partial charge in [-0.25, -0.2) is 0 Å². The maximum absolute atomic E-state index is 13.3. The van der Waals surface area contributed by atoms with Crippen molar-refractivity contribution in [3.05, 3.63) is 76.5 Å². The van der Waals surface area contributed by atoms with Crippen LogP contribution in [0.25, 0.3) is 0 Å². The van der Waals surface area contributed by atoms with Gasteiger partial charge in [0.25, 0.3) is 0 Å². The number of nitrogens with zero attached hydrogens (tertiary/aromatic N) is 4. The normalized spacial score (nSPS) is 19.5. The maximum Gasteiger partial charge on any atom is 0.248 e. The lowest BCUT2D eigenvalue weighted by Crippen LogP contribution is -2.36. The van der Waals surface area contributed by atoms with Gasteiger partial charge in [-0.15, -0.1) is 0 Å². The number of fused-ring (bicyclic) bond motifs is 1. The molecule has 2 aliphatic rings. The smallest absolute Gasteiger partial charge is 0.248 e. The summed E-state index contributed by atoms with van der Waals surface area (Å²) in [7, 11) is 0. The summed E-state index contributed by atoms with van der Waals surface area (Å²) in [5.74, 6) is 1.39. The van der Waals surface area contributed by atoms with E-state index >= 15 is 0 Å². The van der Waals surface area contributed by atoms with Crippen LogP contribution < -0.4 is 10.1 Å². The number of rotatable bonds is 4. The van der Waals surface area contributed by atoms with Gasteiger partial charge in [-0.1, -0.05) is 67.0 Å². The molecule has 1 aromatic heterocycles. The lowest BCUT2D eigenvalue weighted by Gasteiger charge is -2.38. The van der Waals surface area contributed by atoms with Crippen molar-refractivity contribution < 1.29 is 9.53 Å². The van der Waals surface area contributed by atoms with E-state index in [9.17, 15) is 4.79 Å². The Bertz CT molecular complexity index is 1180. The Morgan fingerprint density at radius 3 is 2.71 bits per heavy atom. The molecule has 7 nitrogen and oxygen atoms in total. The predicted octanol–water partition coefficient (Wildman–Crippen LogP) is 4.22. The summed E-state index contributed by atoms with van der Waals surface area (Å²) in [4.78, 5) is 13.3. The van der Waals surface area contributed by atoms with E-state index in [-0.39, 0.29) is 11.2 Å². The zero-order valence-electron chi connectivity index (χ0n) is 17.9. The fourth-order valence-electron chi connectivity index (χ4n) is 4.44. The number of hydrogen-bond donors (Lipinski definition) is 1. The predicted molar refractivity (Wildman–Crippen MR) is 117 cm³/mol. The van der Waals surface area contributed by atoms with Crippen LogP contribution in [0.5, 0.6) is 5.75 Å². The monoisotopic (exact) mass is 415 g/mol. The van der Waals surface area contributed by atoms with E-state index in [1.807, 2.05) is 24.3 Å². The Morgan fingerprint density at radius 1 is 1.13 bits per heavy atom. The number of ketones is 1. The highest BCUT2D eigenvalue weighted by molar-refractivity contribution is 6.00. The topological polar surface area (TPSA) is 81.9 Å². The molecule has 0 bridgehead atoms. The van der Waals surface area contributed by atoms with Crippen LogP contribution >= 0.6 is 0 Å². The molecule has 7 heteroatoms. The fraction of sp³-hybridized carbons (Fsp3) is 0.333. The highest BCUT2D eigenvalue weighted by Crippen LogP contribution is 2.46. The van der Waals surface area contributed by atoms with Gasteiger partial charge in [-0.05, 0) is 40.8 Å². The SMILES string of the molecule is Cc1ccc(COc2ccccc2C2C3=C(CC(C)(C)CC3=O)Nc3nnnn32)cc1. The molecule has 0 saturated heterocycles. The highest BCUT2D eigenvalue weighted by atomic mass is 16.5. The van der Waals surface area contributed by atoms with Crippen LogP contribution in [-0.4, -0.2) is 26.0 Å². The number of ether oxygens (including phenoxy) is 1. The van der Waals surface area contributed by atoms with Gasteiger partial charge >= 0.3 is 0 Å². The second-order valence-electron chi connectivity index (χ2n) is 9.12. The number of aryl methyl sites for hydroxylation is 1. The minimum absolute atomic E-state index is 0.107. The Labute approximate surface area is 181 Å². The molecular formula is C24H25N5O2. The molecule has 2 heterocycles. The van der Waals surface area contributed by atoms with Gasteiger partial charge in [0.15, 0.2) is 5.78 Å². The molecule has 0 amide bonds. The van der Waals surface area contributed by atoms with Gasteiger partial charge in [0.05, 0.1) is 0 Å². The summed E-state index contributed by atoms with van der Waals surface area (Å²) in [5.41, 5.74) is 4.70. The Balaban J connectivity index is 1.55. The van der Waals surface area contributed by atoms with Crippen molar-refractivity contribution in [2.45, 2.75) is 46.3 Å². The minimum Gasteiger partial charge on any atom is -0.489 e. The second-order valence-corrected chi connectivity index (χ2v) is 9.12. The number of anilines is 1. The quantitative estimate of drug-likeness (QED) is 0.687. The van der Waals surface area contributed by atoms with Crippen molar-refractivity contribution in [3.63, 3.8) is 0 Å². The van der Waals surface area contributed by atoms with Crippen LogP contribution in [0.15, 0.2) is 59.8 Å². The summed E-state index contributed by atoms with van der Waals surface area (Å²) < 4.78 is 7.91. The molecule has 0 radical (unpaired) electrons. The first-order valence-electron chi connectivity index (χ1n) is 10.5. The molecule has 2 aromatic carbocycles. The number of hydrogen-bond acceptors (Lipinski definition) is 6. The molecule has 0 fully saturated rings. The molecular weight excluding hydrogens is 390 g/mol. The molecule has 0 saturated carbocycles. The van der Waals surface area contributed by atoms with E-state index < -0.39 is 6.04 Å². The van der Waals surface area contributed by atoms with Gasteiger partial charge in [-0.3, -0.25) is 4.79 Å². The van der Waals surface area contributed by atoms with Crippen LogP contribution in [0.3, 0.4) is 0 Å². The molecule has 1 N–H and O–H groups in total. The lowest BCUT2D eigenvalue weighted by molar-refractivity contribution is -0.118. The summed E-state index contributed by atoms with van der Waals surface area (Å²) >= 11 is 0.